The molecule has 0 saturated heterocycles. The molecule has 0 radical (unpaired) electrons. The van der Waals surface area contributed by atoms with Crippen LogP contribution in [0.25, 0.3) is 0 Å². The zero-order chi connectivity index (χ0) is 14.2. The van der Waals surface area contributed by atoms with Gasteiger partial charge in [-0.05, 0) is 13.3 Å². The minimum Gasteiger partial charge on any atom is -0.386 e. The summed E-state index contributed by atoms with van der Waals surface area (Å²) in [6, 6.07) is 0. The van der Waals surface area contributed by atoms with Crippen molar-refractivity contribution in [1.82, 2.24) is 5.32 Å². The molecule has 18 heavy (non-hydrogen) atoms. The summed E-state index contributed by atoms with van der Waals surface area (Å²) in [7, 11) is 1.53. The zero-order valence-electron chi connectivity index (χ0n) is 12.5. The van der Waals surface area contributed by atoms with Crippen LogP contribution in [0.2, 0.25) is 0 Å². The average Bonchev–Trinajstić information content (AvgIpc) is 2.26. The van der Waals surface area contributed by atoms with E-state index in [9.17, 15) is 9.90 Å². The Morgan fingerprint density at radius 1 is 1.28 bits per heavy atom. The molecule has 1 amide bonds. The standard InChI is InChI=1S/C14H29NO3/c1-6-7-8-9-13(2,3)12(16)15-10-14(4,17)11-18-5/h17H,6-11H2,1-5H3,(H,15,16)/t14-/m1/s1. The van der Waals surface area contributed by atoms with Crippen LogP contribution in [0.1, 0.15) is 53.4 Å². The van der Waals surface area contributed by atoms with Gasteiger partial charge in [0.25, 0.3) is 0 Å². The topological polar surface area (TPSA) is 58.6 Å². The lowest BCUT2D eigenvalue weighted by atomic mass is 9.85. The highest BCUT2D eigenvalue weighted by molar-refractivity contribution is 5.81. The Morgan fingerprint density at radius 3 is 2.39 bits per heavy atom. The van der Waals surface area contributed by atoms with Gasteiger partial charge in [0.15, 0.2) is 0 Å². The van der Waals surface area contributed by atoms with Gasteiger partial charge in [0.1, 0.15) is 5.60 Å². The minimum atomic E-state index is -1.01. The normalized spacial score (nSPS) is 15.2. The first kappa shape index (κ1) is 17.4. The largest absolute Gasteiger partial charge is 0.386 e. The van der Waals surface area contributed by atoms with Gasteiger partial charge in [-0.1, -0.05) is 40.0 Å². The van der Waals surface area contributed by atoms with Crippen molar-refractivity contribution in [2.45, 2.75) is 59.0 Å². The lowest BCUT2D eigenvalue weighted by molar-refractivity contribution is -0.131. The van der Waals surface area contributed by atoms with Gasteiger partial charge in [0.2, 0.25) is 5.91 Å². The van der Waals surface area contributed by atoms with Crippen molar-refractivity contribution in [2.75, 3.05) is 20.3 Å². The number of amides is 1. The van der Waals surface area contributed by atoms with Crippen molar-refractivity contribution < 1.29 is 14.6 Å². The fraction of sp³-hybridized carbons (Fsp3) is 0.929. The lowest BCUT2D eigenvalue weighted by Crippen LogP contribution is -2.47. The van der Waals surface area contributed by atoms with Crippen LogP contribution in [0.15, 0.2) is 0 Å². The first-order chi connectivity index (χ1) is 8.25. The molecule has 0 spiro atoms. The SMILES string of the molecule is CCCCCC(C)(C)C(=O)NC[C@@](C)(O)COC. The molecular weight excluding hydrogens is 230 g/mol. The van der Waals surface area contributed by atoms with Gasteiger partial charge in [0.05, 0.1) is 6.61 Å². The Bertz CT molecular complexity index is 249. The number of methoxy groups -OCH3 is 1. The zero-order valence-corrected chi connectivity index (χ0v) is 12.5. The third-order valence-electron chi connectivity index (χ3n) is 3.11. The molecule has 4 nitrogen and oxygen atoms in total. The van der Waals surface area contributed by atoms with E-state index in [1.807, 2.05) is 13.8 Å². The van der Waals surface area contributed by atoms with Gasteiger partial charge in [-0.2, -0.15) is 0 Å². The summed E-state index contributed by atoms with van der Waals surface area (Å²) in [5, 5.41) is 12.7. The second kappa shape index (κ2) is 7.74. The molecule has 108 valence electrons. The molecule has 0 saturated carbocycles. The molecule has 0 fully saturated rings. The van der Waals surface area contributed by atoms with Gasteiger partial charge < -0.3 is 15.2 Å². The molecular formula is C14H29NO3. The van der Waals surface area contributed by atoms with Gasteiger partial charge >= 0.3 is 0 Å². The second-order valence-electron chi connectivity index (χ2n) is 5.95. The molecule has 0 rings (SSSR count). The maximum Gasteiger partial charge on any atom is 0.225 e. The van der Waals surface area contributed by atoms with E-state index >= 15 is 0 Å². The van der Waals surface area contributed by atoms with E-state index in [0.717, 1.165) is 25.7 Å². The highest BCUT2D eigenvalue weighted by atomic mass is 16.5. The molecule has 0 aliphatic carbocycles. The maximum absolute atomic E-state index is 12.0. The molecule has 1 atom stereocenters. The lowest BCUT2D eigenvalue weighted by Gasteiger charge is -2.27. The number of unbranched alkanes of at least 4 members (excludes halogenated alkanes) is 2. The van der Waals surface area contributed by atoms with Gasteiger partial charge in [0, 0.05) is 19.1 Å². The molecule has 0 bridgehead atoms. The second-order valence-corrected chi connectivity index (χ2v) is 5.95. The monoisotopic (exact) mass is 259 g/mol. The summed E-state index contributed by atoms with van der Waals surface area (Å²) in [4.78, 5) is 12.0. The third kappa shape index (κ3) is 6.97. The van der Waals surface area contributed by atoms with E-state index in [-0.39, 0.29) is 24.5 Å². The predicted octanol–water partition coefficient (Wildman–Crippen LogP) is 2.11. The fourth-order valence-electron chi connectivity index (χ4n) is 1.80. The number of aliphatic hydroxyl groups is 1. The molecule has 0 aromatic rings. The maximum atomic E-state index is 12.0. The number of ether oxygens (including phenoxy) is 1. The van der Waals surface area contributed by atoms with Crippen molar-refractivity contribution in [1.29, 1.82) is 0 Å². The Hall–Kier alpha value is -0.610. The number of carbonyl (C=O) groups excluding carboxylic acids is 1. The minimum absolute atomic E-state index is 0.00465. The highest BCUT2D eigenvalue weighted by Crippen LogP contribution is 2.24. The van der Waals surface area contributed by atoms with Crippen LogP contribution < -0.4 is 5.32 Å². The van der Waals surface area contributed by atoms with Crippen molar-refractivity contribution >= 4 is 5.91 Å². The van der Waals surface area contributed by atoms with E-state index in [4.69, 9.17) is 4.74 Å². The van der Waals surface area contributed by atoms with E-state index < -0.39 is 5.60 Å². The molecule has 0 aliphatic heterocycles. The van der Waals surface area contributed by atoms with Crippen molar-refractivity contribution in [2.24, 2.45) is 5.41 Å². The smallest absolute Gasteiger partial charge is 0.225 e. The number of rotatable bonds is 9. The van der Waals surface area contributed by atoms with Crippen LogP contribution in [-0.2, 0) is 9.53 Å². The summed E-state index contributed by atoms with van der Waals surface area (Å²) >= 11 is 0. The molecule has 0 aromatic carbocycles. The fourth-order valence-corrected chi connectivity index (χ4v) is 1.80. The quantitative estimate of drug-likeness (QED) is 0.623. The van der Waals surface area contributed by atoms with E-state index in [1.165, 1.54) is 7.11 Å². The number of hydrogen-bond donors (Lipinski definition) is 2. The van der Waals surface area contributed by atoms with Gasteiger partial charge in [-0.3, -0.25) is 4.79 Å². The van der Waals surface area contributed by atoms with Crippen molar-refractivity contribution in [3.05, 3.63) is 0 Å². The van der Waals surface area contributed by atoms with Crippen LogP contribution in [0.5, 0.6) is 0 Å². The molecule has 0 aromatic heterocycles. The Kier molecular flexibility index (Phi) is 7.48. The Morgan fingerprint density at radius 2 is 1.89 bits per heavy atom. The molecule has 4 heteroatoms. The Labute approximate surface area is 111 Å². The summed E-state index contributed by atoms with van der Waals surface area (Å²) in [5.74, 6) is -0.00465. The molecule has 0 aliphatic rings. The van der Waals surface area contributed by atoms with E-state index in [0.29, 0.717) is 0 Å². The molecule has 2 N–H and O–H groups in total. The first-order valence-electron chi connectivity index (χ1n) is 6.75. The van der Waals surface area contributed by atoms with Crippen LogP contribution in [0.4, 0.5) is 0 Å². The number of hydrogen-bond acceptors (Lipinski definition) is 3. The molecule has 0 heterocycles. The summed E-state index contributed by atoms with van der Waals surface area (Å²) in [6.07, 6.45) is 4.24. The van der Waals surface area contributed by atoms with E-state index in [1.54, 1.807) is 6.92 Å². The predicted molar refractivity (Wildman–Crippen MR) is 73.4 cm³/mol. The van der Waals surface area contributed by atoms with E-state index in [2.05, 4.69) is 12.2 Å². The van der Waals surface area contributed by atoms with Crippen molar-refractivity contribution in [3.63, 3.8) is 0 Å². The van der Waals surface area contributed by atoms with Crippen LogP contribution in [-0.4, -0.2) is 36.9 Å². The Balaban J connectivity index is 4.14. The summed E-state index contributed by atoms with van der Waals surface area (Å²) < 4.78 is 4.90. The molecule has 0 unspecified atom stereocenters. The highest BCUT2D eigenvalue weighted by Gasteiger charge is 2.29. The summed E-state index contributed by atoms with van der Waals surface area (Å²) in [6.45, 7) is 8.13. The average molecular weight is 259 g/mol. The third-order valence-corrected chi connectivity index (χ3v) is 3.11. The van der Waals surface area contributed by atoms with Crippen LogP contribution in [0.3, 0.4) is 0 Å². The first-order valence-corrected chi connectivity index (χ1v) is 6.75. The summed E-state index contributed by atoms with van der Waals surface area (Å²) in [5.41, 5.74) is -1.39. The number of nitrogens with one attached hydrogen (secondary N) is 1. The number of carbonyl (C=O) groups is 1. The van der Waals surface area contributed by atoms with Crippen LogP contribution >= 0.6 is 0 Å². The van der Waals surface area contributed by atoms with Gasteiger partial charge in [-0.15, -0.1) is 0 Å². The van der Waals surface area contributed by atoms with Crippen molar-refractivity contribution in [3.8, 4) is 0 Å². The van der Waals surface area contributed by atoms with Gasteiger partial charge in [-0.25, -0.2) is 0 Å². The van der Waals surface area contributed by atoms with Crippen LogP contribution in [0, 0.1) is 5.41 Å².